The van der Waals surface area contributed by atoms with Gasteiger partial charge in [-0.2, -0.15) is 5.10 Å². The molecule has 0 spiro atoms. The zero-order chi connectivity index (χ0) is 12.5. The number of alkyl halides is 1. The number of hydrogen-bond acceptors (Lipinski definition) is 1. The van der Waals surface area contributed by atoms with Crippen molar-refractivity contribution in [2.45, 2.75) is 30.6 Å². The predicted octanol–water partition coefficient (Wildman–Crippen LogP) is 4.47. The molecular formula is C14H14Br2N2. The van der Waals surface area contributed by atoms with Crippen molar-refractivity contribution in [3.8, 4) is 0 Å². The van der Waals surface area contributed by atoms with Gasteiger partial charge in [0.1, 0.15) is 0 Å². The molecule has 94 valence electrons. The minimum atomic E-state index is 0.725. The molecule has 0 unspecified atom stereocenters. The van der Waals surface area contributed by atoms with Crippen LogP contribution in [0.25, 0.3) is 0 Å². The largest absolute Gasteiger partial charge is 0.265 e. The smallest absolute Gasteiger partial charge is 0.0673 e. The first-order valence-corrected chi connectivity index (χ1v) is 8.05. The van der Waals surface area contributed by atoms with Crippen molar-refractivity contribution in [1.29, 1.82) is 0 Å². The van der Waals surface area contributed by atoms with E-state index in [1.807, 2.05) is 12.3 Å². The van der Waals surface area contributed by atoms with Crippen LogP contribution >= 0.6 is 31.9 Å². The van der Waals surface area contributed by atoms with E-state index in [-0.39, 0.29) is 0 Å². The number of hydrogen-bond donors (Lipinski definition) is 0. The van der Waals surface area contributed by atoms with Crippen LogP contribution in [0.5, 0.6) is 0 Å². The Morgan fingerprint density at radius 1 is 1.22 bits per heavy atom. The number of halogens is 2. The Hall–Kier alpha value is -0.610. The fourth-order valence-electron chi connectivity index (χ4n) is 2.28. The first-order chi connectivity index (χ1) is 8.79. The number of aromatic nitrogens is 2. The summed E-state index contributed by atoms with van der Waals surface area (Å²) in [7, 11) is 0. The lowest BCUT2D eigenvalue weighted by molar-refractivity contribution is 0.643. The highest BCUT2D eigenvalue weighted by Gasteiger charge is 2.29. The van der Waals surface area contributed by atoms with Gasteiger partial charge in [0, 0.05) is 27.0 Å². The highest BCUT2D eigenvalue weighted by Crippen LogP contribution is 2.42. The molecule has 1 fully saturated rings. The summed E-state index contributed by atoms with van der Waals surface area (Å²) >= 11 is 7.16. The Morgan fingerprint density at radius 2 is 2.00 bits per heavy atom. The monoisotopic (exact) mass is 368 g/mol. The molecule has 0 saturated heterocycles. The molecular weight excluding hydrogens is 356 g/mol. The van der Waals surface area contributed by atoms with Crippen molar-refractivity contribution in [3.05, 3.63) is 51.8 Å². The summed E-state index contributed by atoms with van der Waals surface area (Å²) in [4.78, 5) is 0. The van der Waals surface area contributed by atoms with E-state index in [2.05, 4.69) is 59.8 Å². The van der Waals surface area contributed by atoms with E-state index in [1.165, 1.54) is 29.7 Å². The van der Waals surface area contributed by atoms with E-state index >= 15 is 0 Å². The lowest BCUT2D eigenvalue weighted by atomic mass is 10.2. The summed E-state index contributed by atoms with van der Waals surface area (Å²) < 4.78 is 3.32. The van der Waals surface area contributed by atoms with Crippen molar-refractivity contribution in [2.24, 2.45) is 0 Å². The predicted molar refractivity (Wildman–Crippen MR) is 80.1 cm³/mol. The third kappa shape index (κ3) is 2.41. The molecule has 1 aliphatic carbocycles. The van der Waals surface area contributed by atoms with Gasteiger partial charge in [-0.25, -0.2) is 0 Å². The Bertz CT molecular complexity index is 559. The maximum atomic E-state index is 4.55. The van der Waals surface area contributed by atoms with Crippen LogP contribution in [0, 0.1) is 0 Å². The molecule has 3 rings (SSSR count). The standard InChI is InChI=1S/C14H14Br2N2/c15-7-12-8-17-18(14(12)10-5-6-10)9-11-3-1-2-4-13(11)16/h1-4,8,10H,5-7,9H2. The first kappa shape index (κ1) is 12.4. The third-order valence-electron chi connectivity index (χ3n) is 3.35. The second-order valence-corrected chi connectivity index (χ2v) is 6.13. The minimum absolute atomic E-state index is 0.725. The van der Waals surface area contributed by atoms with Crippen molar-refractivity contribution < 1.29 is 0 Å². The van der Waals surface area contributed by atoms with Gasteiger partial charge in [0.05, 0.1) is 12.7 Å². The van der Waals surface area contributed by atoms with Gasteiger partial charge in [-0.05, 0) is 24.5 Å². The summed E-state index contributed by atoms with van der Waals surface area (Å²) in [5.74, 6) is 0.725. The second-order valence-electron chi connectivity index (χ2n) is 4.71. The molecule has 4 heteroatoms. The molecule has 0 N–H and O–H groups in total. The molecule has 1 saturated carbocycles. The normalized spacial score (nSPS) is 15.0. The van der Waals surface area contributed by atoms with E-state index in [9.17, 15) is 0 Å². The van der Waals surface area contributed by atoms with Gasteiger partial charge in [-0.3, -0.25) is 4.68 Å². The van der Waals surface area contributed by atoms with Crippen molar-refractivity contribution in [2.75, 3.05) is 0 Å². The molecule has 1 aliphatic rings. The Labute approximate surface area is 124 Å². The van der Waals surface area contributed by atoms with Crippen LogP contribution in [0.4, 0.5) is 0 Å². The second kappa shape index (κ2) is 5.17. The van der Waals surface area contributed by atoms with E-state index in [1.54, 1.807) is 0 Å². The van der Waals surface area contributed by atoms with Gasteiger partial charge >= 0.3 is 0 Å². The molecule has 2 aromatic rings. The summed E-state index contributed by atoms with van der Waals surface area (Å²) in [6.07, 6.45) is 4.61. The number of benzene rings is 1. The van der Waals surface area contributed by atoms with Crippen LogP contribution in [0.2, 0.25) is 0 Å². The lowest BCUT2D eigenvalue weighted by Gasteiger charge is -2.09. The average Bonchev–Trinajstić information content (AvgIpc) is 3.14. The van der Waals surface area contributed by atoms with Crippen molar-refractivity contribution in [3.63, 3.8) is 0 Å². The van der Waals surface area contributed by atoms with Crippen molar-refractivity contribution >= 4 is 31.9 Å². The van der Waals surface area contributed by atoms with Crippen LogP contribution in [0.3, 0.4) is 0 Å². The summed E-state index contributed by atoms with van der Waals surface area (Å²) in [6, 6.07) is 8.35. The van der Waals surface area contributed by atoms with Crippen LogP contribution < -0.4 is 0 Å². The van der Waals surface area contributed by atoms with E-state index in [4.69, 9.17) is 0 Å². The Balaban J connectivity index is 1.93. The maximum absolute atomic E-state index is 4.55. The molecule has 1 aromatic carbocycles. The molecule has 0 radical (unpaired) electrons. The quantitative estimate of drug-likeness (QED) is 0.727. The first-order valence-electron chi connectivity index (χ1n) is 6.13. The fourth-order valence-corrected chi connectivity index (χ4v) is 3.12. The topological polar surface area (TPSA) is 17.8 Å². The van der Waals surface area contributed by atoms with E-state index in [0.717, 1.165) is 22.3 Å². The molecule has 0 atom stereocenters. The average molecular weight is 370 g/mol. The van der Waals surface area contributed by atoms with Gasteiger partial charge in [-0.1, -0.05) is 50.1 Å². The zero-order valence-electron chi connectivity index (χ0n) is 9.94. The number of rotatable bonds is 4. The SMILES string of the molecule is BrCc1cnn(Cc2ccccc2Br)c1C1CC1. The lowest BCUT2D eigenvalue weighted by Crippen LogP contribution is -2.06. The van der Waals surface area contributed by atoms with Gasteiger partial charge in [0.2, 0.25) is 0 Å². The van der Waals surface area contributed by atoms with E-state index in [0.29, 0.717) is 0 Å². The van der Waals surface area contributed by atoms with Crippen LogP contribution in [0.15, 0.2) is 34.9 Å². The Morgan fingerprint density at radius 3 is 2.67 bits per heavy atom. The van der Waals surface area contributed by atoms with Gasteiger partial charge in [0.25, 0.3) is 0 Å². The van der Waals surface area contributed by atoms with Gasteiger partial charge < -0.3 is 0 Å². The fraction of sp³-hybridized carbons (Fsp3) is 0.357. The van der Waals surface area contributed by atoms with E-state index < -0.39 is 0 Å². The maximum Gasteiger partial charge on any atom is 0.0673 e. The van der Waals surface area contributed by atoms with Crippen LogP contribution in [-0.2, 0) is 11.9 Å². The zero-order valence-corrected chi connectivity index (χ0v) is 13.1. The highest BCUT2D eigenvalue weighted by atomic mass is 79.9. The molecule has 0 bridgehead atoms. The highest BCUT2D eigenvalue weighted by molar-refractivity contribution is 9.10. The summed E-state index contributed by atoms with van der Waals surface area (Å²) in [6.45, 7) is 0.847. The minimum Gasteiger partial charge on any atom is -0.265 e. The molecule has 18 heavy (non-hydrogen) atoms. The molecule has 0 amide bonds. The van der Waals surface area contributed by atoms with Crippen LogP contribution in [-0.4, -0.2) is 9.78 Å². The Kier molecular flexibility index (Phi) is 3.57. The third-order valence-corrected chi connectivity index (χ3v) is 4.72. The summed E-state index contributed by atoms with van der Waals surface area (Å²) in [5, 5.41) is 5.45. The molecule has 2 nitrogen and oxygen atoms in total. The number of nitrogens with zero attached hydrogens (tertiary/aromatic N) is 2. The van der Waals surface area contributed by atoms with Crippen molar-refractivity contribution in [1.82, 2.24) is 9.78 Å². The van der Waals surface area contributed by atoms with Gasteiger partial charge in [-0.15, -0.1) is 0 Å². The van der Waals surface area contributed by atoms with Gasteiger partial charge in [0.15, 0.2) is 0 Å². The summed E-state index contributed by atoms with van der Waals surface area (Å²) in [5.41, 5.74) is 4.04. The molecule has 1 aromatic heterocycles. The van der Waals surface area contributed by atoms with Crippen LogP contribution in [0.1, 0.15) is 35.6 Å². The molecule has 1 heterocycles. The molecule has 0 aliphatic heterocycles.